The third kappa shape index (κ3) is 3.34. The van der Waals surface area contributed by atoms with Gasteiger partial charge in [-0.25, -0.2) is 0 Å². The molecule has 2 atom stereocenters. The van der Waals surface area contributed by atoms with Gasteiger partial charge in [0.1, 0.15) is 0 Å². The zero-order chi connectivity index (χ0) is 11.4. The van der Waals surface area contributed by atoms with Gasteiger partial charge in [-0.1, -0.05) is 12.1 Å². The summed E-state index contributed by atoms with van der Waals surface area (Å²) in [5, 5.41) is 12.0. The first-order valence-corrected chi connectivity index (χ1v) is 4.82. The molecule has 0 aromatic heterocycles. The van der Waals surface area contributed by atoms with E-state index in [-0.39, 0.29) is 5.91 Å². The third-order valence-electron chi connectivity index (χ3n) is 2.14. The van der Waals surface area contributed by atoms with E-state index in [4.69, 9.17) is 5.73 Å². The van der Waals surface area contributed by atoms with E-state index in [2.05, 4.69) is 5.32 Å². The molecule has 1 aromatic carbocycles. The largest absolute Gasteiger partial charge is 0.391 e. The maximum Gasteiger partial charge on any atom is 0.221 e. The van der Waals surface area contributed by atoms with Gasteiger partial charge in [-0.05, 0) is 24.6 Å². The van der Waals surface area contributed by atoms with Crippen molar-refractivity contribution in [2.75, 3.05) is 5.32 Å². The topological polar surface area (TPSA) is 75.4 Å². The summed E-state index contributed by atoms with van der Waals surface area (Å²) in [5.41, 5.74) is 7.32. The first kappa shape index (κ1) is 11.7. The summed E-state index contributed by atoms with van der Waals surface area (Å²) in [6, 6.07) is 6.72. The number of nitrogens with one attached hydrogen (secondary N) is 1. The Balaban J connectivity index is 2.76. The lowest BCUT2D eigenvalue weighted by atomic mass is 10.0. The van der Waals surface area contributed by atoms with E-state index >= 15 is 0 Å². The Morgan fingerprint density at radius 2 is 1.93 bits per heavy atom. The Kier molecular flexibility index (Phi) is 3.82. The minimum absolute atomic E-state index is 0.109. The van der Waals surface area contributed by atoms with Crippen LogP contribution in [0.15, 0.2) is 24.3 Å². The van der Waals surface area contributed by atoms with Crippen LogP contribution in [0, 0.1) is 0 Å². The molecule has 0 heterocycles. The number of hydrogen-bond acceptors (Lipinski definition) is 3. The Hall–Kier alpha value is -1.39. The number of carbonyl (C=O) groups is 1. The van der Waals surface area contributed by atoms with Crippen molar-refractivity contribution >= 4 is 11.6 Å². The van der Waals surface area contributed by atoms with Gasteiger partial charge in [0.25, 0.3) is 0 Å². The molecule has 82 valence electrons. The van der Waals surface area contributed by atoms with E-state index < -0.39 is 12.1 Å². The van der Waals surface area contributed by atoms with Crippen molar-refractivity contribution in [3.8, 4) is 0 Å². The second kappa shape index (κ2) is 4.91. The van der Waals surface area contributed by atoms with E-state index in [1.54, 1.807) is 31.2 Å². The molecule has 0 spiro atoms. The molecule has 0 fully saturated rings. The van der Waals surface area contributed by atoms with Crippen molar-refractivity contribution < 1.29 is 9.90 Å². The smallest absolute Gasteiger partial charge is 0.221 e. The minimum Gasteiger partial charge on any atom is -0.391 e. The van der Waals surface area contributed by atoms with E-state index in [1.165, 1.54) is 6.92 Å². The molecule has 0 aliphatic carbocycles. The summed E-state index contributed by atoms with van der Waals surface area (Å²) in [6.07, 6.45) is -0.586. The fourth-order valence-electron chi connectivity index (χ4n) is 1.27. The second-order valence-electron chi connectivity index (χ2n) is 3.57. The van der Waals surface area contributed by atoms with Gasteiger partial charge in [0.05, 0.1) is 12.1 Å². The van der Waals surface area contributed by atoms with Gasteiger partial charge in [-0.15, -0.1) is 0 Å². The number of amides is 1. The van der Waals surface area contributed by atoms with Crippen molar-refractivity contribution in [2.24, 2.45) is 5.73 Å². The summed E-state index contributed by atoms with van der Waals surface area (Å²) in [7, 11) is 0. The number of rotatable bonds is 3. The van der Waals surface area contributed by atoms with Crippen LogP contribution in [0.2, 0.25) is 0 Å². The normalized spacial score (nSPS) is 14.4. The second-order valence-corrected chi connectivity index (χ2v) is 3.57. The van der Waals surface area contributed by atoms with E-state index in [1.807, 2.05) is 0 Å². The predicted octanol–water partition coefficient (Wildman–Crippen LogP) is 1.03. The summed E-state index contributed by atoms with van der Waals surface area (Å²) in [5.74, 6) is -0.109. The Bertz CT molecular complexity index is 333. The average Bonchev–Trinajstić information content (AvgIpc) is 2.17. The lowest BCUT2D eigenvalue weighted by Gasteiger charge is -2.15. The quantitative estimate of drug-likeness (QED) is 0.694. The Morgan fingerprint density at radius 1 is 1.40 bits per heavy atom. The first-order chi connectivity index (χ1) is 7.00. The summed E-state index contributed by atoms with van der Waals surface area (Å²) in [6.45, 7) is 3.10. The highest BCUT2D eigenvalue weighted by Gasteiger charge is 2.11. The van der Waals surface area contributed by atoms with E-state index in [9.17, 15) is 9.90 Å². The van der Waals surface area contributed by atoms with Crippen LogP contribution in [-0.2, 0) is 4.79 Å². The zero-order valence-corrected chi connectivity index (χ0v) is 8.90. The van der Waals surface area contributed by atoms with Gasteiger partial charge < -0.3 is 16.2 Å². The van der Waals surface area contributed by atoms with Crippen LogP contribution in [0.4, 0.5) is 5.69 Å². The summed E-state index contributed by atoms with van der Waals surface area (Å²) >= 11 is 0. The van der Waals surface area contributed by atoms with E-state index in [0.29, 0.717) is 0 Å². The Morgan fingerprint density at radius 3 is 2.33 bits per heavy atom. The molecule has 1 aromatic rings. The van der Waals surface area contributed by atoms with Crippen LogP contribution < -0.4 is 11.1 Å². The van der Waals surface area contributed by atoms with Crippen LogP contribution >= 0.6 is 0 Å². The highest BCUT2D eigenvalue weighted by molar-refractivity contribution is 5.88. The monoisotopic (exact) mass is 208 g/mol. The molecule has 4 nitrogen and oxygen atoms in total. The molecule has 0 radical (unpaired) electrons. The van der Waals surface area contributed by atoms with Gasteiger partial charge in [-0.3, -0.25) is 4.79 Å². The van der Waals surface area contributed by atoms with Gasteiger partial charge in [-0.2, -0.15) is 0 Å². The van der Waals surface area contributed by atoms with Crippen molar-refractivity contribution in [1.29, 1.82) is 0 Å². The molecule has 4 heteroatoms. The number of anilines is 1. The van der Waals surface area contributed by atoms with Crippen molar-refractivity contribution in [3.63, 3.8) is 0 Å². The first-order valence-electron chi connectivity index (χ1n) is 4.82. The highest BCUT2D eigenvalue weighted by Crippen LogP contribution is 2.17. The standard InChI is InChI=1S/C11H16N2O2/c1-7(14)11(12)9-3-5-10(6-4-9)13-8(2)15/h3-7,11,14H,12H2,1-2H3,(H,13,15)/t7-,11-/m1/s1. The number of benzene rings is 1. The van der Waals surface area contributed by atoms with Crippen molar-refractivity contribution in [1.82, 2.24) is 0 Å². The SMILES string of the molecule is CC(=O)Nc1ccc([C@H](N)[C@@H](C)O)cc1. The number of carbonyl (C=O) groups excluding carboxylic acids is 1. The molecular weight excluding hydrogens is 192 g/mol. The number of hydrogen-bond donors (Lipinski definition) is 3. The number of aliphatic hydroxyl groups excluding tert-OH is 1. The lowest BCUT2D eigenvalue weighted by molar-refractivity contribution is -0.114. The molecule has 0 saturated heterocycles. The molecular formula is C11H16N2O2. The van der Waals surface area contributed by atoms with Crippen LogP contribution in [0.3, 0.4) is 0 Å². The molecule has 0 unspecified atom stereocenters. The molecule has 0 bridgehead atoms. The number of aliphatic hydroxyl groups is 1. The van der Waals surface area contributed by atoms with Gasteiger partial charge in [0, 0.05) is 12.6 Å². The van der Waals surface area contributed by atoms with Gasteiger partial charge in [0.15, 0.2) is 0 Å². The molecule has 0 aliphatic rings. The van der Waals surface area contributed by atoms with Crippen LogP contribution in [0.25, 0.3) is 0 Å². The van der Waals surface area contributed by atoms with Crippen LogP contribution in [0.1, 0.15) is 25.5 Å². The molecule has 4 N–H and O–H groups in total. The molecule has 0 saturated carbocycles. The predicted molar refractivity (Wildman–Crippen MR) is 59.4 cm³/mol. The van der Waals surface area contributed by atoms with E-state index in [0.717, 1.165) is 11.3 Å². The molecule has 1 amide bonds. The fraction of sp³-hybridized carbons (Fsp3) is 0.364. The van der Waals surface area contributed by atoms with Crippen LogP contribution in [0.5, 0.6) is 0 Å². The van der Waals surface area contributed by atoms with Crippen molar-refractivity contribution in [3.05, 3.63) is 29.8 Å². The maximum absolute atomic E-state index is 10.8. The molecule has 0 aliphatic heterocycles. The third-order valence-corrected chi connectivity index (χ3v) is 2.14. The summed E-state index contributed by atoms with van der Waals surface area (Å²) in [4.78, 5) is 10.8. The van der Waals surface area contributed by atoms with Crippen LogP contribution in [-0.4, -0.2) is 17.1 Å². The summed E-state index contributed by atoms with van der Waals surface area (Å²) < 4.78 is 0. The van der Waals surface area contributed by atoms with Crippen molar-refractivity contribution in [2.45, 2.75) is 26.0 Å². The molecule has 1 rings (SSSR count). The van der Waals surface area contributed by atoms with Gasteiger partial charge >= 0.3 is 0 Å². The van der Waals surface area contributed by atoms with Gasteiger partial charge in [0.2, 0.25) is 5.91 Å². The zero-order valence-electron chi connectivity index (χ0n) is 8.90. The average molecular weight is 208 g/mol. The lowest BCUT2D eigenvalue weighted by Crippen LogP contribution is -2.23. The minimum atomic E-state index is -0.586. The Labute approximate surface area is 89.1 Å². The number of nitrogens with two attached hydrogens (primary N) is 1. The highest BCUT2D eigenvalue weighted by atomic mass is 16.3. The molecule has 15 heavy (non-hydrogen) atoms. The fourth-order valence-corrected chi connectivity index (χ4v) is 1.27. The maximum atomic E-state index is 10.8.